The van der Waals surface area contributed by atoms with Crippen LogP contribution in [-0.4, -0.2) is 27.5 Å². The molecule has 7 heteroatoms. The Morgan fingerprint density at radius 2 is 1.60 bits per heavy atom. The molecule has 3 aromatic rings. The van der Waals surface area contributed by atoms with E-state index in [0.717, 1.165) is 10.0 Å². The Balaban J connectivity index is 2.14. The molecule has 0 aliphatic heterocycles. The van der Waals surface area contributed by atoms with Crippen molar-refractivity contribution in [1.29, 1.82) is 0 Å². The fraction of sp³-hybridized carbons (Fsp3) is 0.167. The van der Waals surface area contributed by atoms with Gasteiger partial charge in [0.15, 0.2) is 0 Å². The summed E-state index contributed by atoms with van der Waals surface area (Å²) in [4.78, 5) is 6.09. The van der Waals surface area contributed by atoms with Crippen molar-refractivity contribution in [2.24, 2.45) is 0 Å². The Labute approximate surface area is 155 Å². The van der Waals surface area contributed by atoms with Crippen LogP contribution in [0.2, 0.25) is 0 Å². The summed E-state index contributed by atoms with van der Waals surface area (Å²) >= 11 is 3.37. The number of anilines is 1. The van der Waals surface area contributed by atoms with E-state index < -0.39 is 9.84 Å². The van der Waals surface area contributed by atoms with Gasteiger partial charge in [-0.25, -0.2) is 8.42 Å². The molecule has 0 unspecified atom stereocenters. The average Bonchev–Trinajstić information content (AvgIpc) is 3.02. The largest absolute Gasteiger partial charge is 0.419 e. The molecular formula is C18H17BrN2O3S. The van der Waals surface area contributed by atoms with Gasteiger partial charge in [0.05, 0.1) is 4.90 Å². The van der Waals surface area contributed by atoms with Gasteiger partial charge in [0.1, 0.15) is 0 Å². The molecule has 0 fully saturated rings. The number of nitrogens with zero attached hydrogens (tertiary/aromatic N) is 2. The van der Waals surface area contributed by atoms with Crippen molar-refractivity contribution in [1.82, 2.24) is 4.98 Å². The van der Waals surface area contributed by atoms with Gasteiger partial charge in [-0.3, -0.25) is 0 Å². The maximum absolute atomic E-state index is 13.0. The number of aromatic nitrogens is 1. The van der Waals surface area contributed by atoms with Crippen LogP contribution in [0.15, 0.2) is 67.3 Å². The van der Waals surface area contributed by atoms with Crippen LogP contribution in [0.3, 0.4) is 0 Å². The molecule has 0 aliphatic rings. The van der Waals surface area contributed by atoms with E-state index in [-0.39, 0.29) is 21.7 Å². The molecule has 1 aromatic heterocycles. The first-order valence-electron chi connectivity index (χ1n) is 7.55. The second-order valence-corrected chi connectivity index (χ2v) is 8.63. The molecule has 0 N–H and O–H groups in total. The minimum atomic E-state index is -3.78. The first-order valence-corrected chi connectivity index (χ1v) is 9.82. The third-order valence-electron chi connectivity index (χ3n) is 3.66. The minimum absolute atomic E-state index is 0.0840. The number of sulfone groups is 1. The summed E-state index contributed by atoms with van der Waals surface area (Å²) in [6, 6.07) is 14.0. The molecule has 2 aromatic carbocycles. The zero-order valence-corrected chi connectivity index (χ0v) is 16.4. The van der Waals surface area contributed by atoms with Gasteiger partial charge in [-0.05, 0) is 43.3 Å². The van der Waals surface area contributed by atoms with E-state index >= 15 is 0 Å². The molecule has 0 bridgehead atoms. The molecule has 0 saturated heterocycles. The van der Waals surface area contributed by atoms with E-state index in [0.29, 0.717) is 5.56 Å². The zero-order chi connectivity index (χ0) is 18.2. The summed E-state index contributed by atoms with van der Waals surface area (Å²) in [6.45, 7) is 1.91. The number of hydrogen-bond acceptors (Lipinski definition) is 5. The molecule has 3 rings (SSSR count). The normalized spacial score (nSPS) is 11.5. The van der Waals surface area contributed by atoms with Gasteiger partial charge < -0.3 is 9.32 Å². The lowest BCUT2D eigenvalue weighted by Crippen LogP contribution is -2.13. The number of rotatable bonds is 4. The van der Waals surface area contributed by atoms with E-state index in [2.05, 4.69) is 20.9 Å². The lowest BCUT2D eigenvalue weighted by molar-refractivity contribution is 0.564. The van der Waals surface area contributed by atoms with Gasteiger partial charge in [0, 0.05) is 24.1 Å². The zero-order valence-electron chi connectivity index (χ0n) is 14.0. The number of halogens is 1. The van der Waals surface area contributed by atoms with Gasteiger partial charge in [-0.15, -0.1) is 0 Å². The molecular weight excluding hydrogens is 404 g/mol. The van der Waals surface area contributed by atoms with Gasteiger partial charge in [0.2, 0.25) is 26.6 Å². The highest BCUT2D eigenvalue weighted by Gasteiger charge is 2.29. The van der Waals surface area contributed by atoms with Crippen LogP contribution in [0, 0.1) is 6.92 Å². The Morgan fingerprint density at radius 1 is 1.00 bits per heavy atom. The highest BCUT2D eigenvalue weighted by molar-refractivity contribution is 9.10. The molecule has 0 aliphatic carbocycles. The SMILES string of the molecule is Cc1ccc(S(=O)(=O)c2nc(-c3ccc(Br)cc3)oc2N(C)C)cc1. The number of hydrogen-bond donors (Lipinski definition) is 0. The molecule has 0 amide bonds. The second kappa shape index (κ2) is 6.65. The quantitative estimate of drug-likeness (QED) is 0.628. The van der Waals surface area contributed by atoms with Gasteiger partial charge >= 0.3 is 0 Å². The maximum Gasteiger partial charge on any atom is 0.235 e. The lowest BCUT2D eigenvalue weighted by Gasteiger charge is -2.10. The summed E-state index contributed by atoms with van der Waals surface area (Å²) in [7, 11) is -0.338. The molecule has 130 valence electrons. The average molecular weight is 421 g/mol. The topological polar surface area (TPSA) is 63.4 Å². The molecule has 1 heterocycles. The predicted molar refractivity (Wildman–Crippen MR) is 101 cm³/mol. The van der Waals surface area contributed by atoms with E-state index in [9.17, 15) is 8.42 Å². The van der Waals surface area contributed by atoms with Crippen molar-refractivity contribution in [3.63, 3.8) is 0 Å². The highest BCUT2D eigenvalue weighted by Crippen LogP contribution is 2.34. The van der Waals surface area contributed by atoms with Crippen LogP contribution in [0.5, 0.6) is 0 Å². The summed E-state index contributed by atoms with van der Waals surface area (Å²) in [5.41, 5.74) is 1.69. The van der Waals surface area contributed by atoms with E-state index in [1.54, 1.807) is 43.3 Å². The summed E-state index contributed by atoms with van der Waals surface area (Å²) in [5, 5.41) is -0.0840. The number of aryl methyl sites for hydroxylation is 1. The van der Waals surface area contributed by atoms with Crippen LogP contribution >= 0.6 is 15.9 Å². The van der Waals surface area contributed by atoms with Crippen molar-refractivity contribution in [3.8, 4) is 11.5 Å². The molecule has 0 saturated carbocycles. The van der Waals surface area contributed by atoms with E-state index in [1.807, 2.05) is 31.2 Å². The summed E-state index contributed by atoms with van der Waals surface area (Å²) in [6.07, 6.45) is 0. The summed E-state index contributed by atoms with van der Waals surface area (Å²) in [5.74, 6) is 0.473. The Kier molecular flexibility index (Phi) is 4.71. The van der Waals surface area contributed by atoms with E-state index in [1.165, 1.54) is 0 Å². The van der Waals surface area contributed by atoms with Crippen molar-refractivity contribution in [2.75, 3.05) is 19.0 Å². The number of benzene rings is 2. The monoisotopic (exact) mass is 420 g/mol. The Bertz CT molecular complexity index is 992. The molecule has 0 radical (unpaired) electrons. The van der Waals surface area contributed by atoms with E-state index in [4.69, 9.17) is 4.42 Å². The van der Waals surface area contributed by atoms with Crippen LogP contribution < -0.4 is 4.90 Å². The van der Waals surface area contributed by atoms with Crippen LogP contribution in [-0.2, 0) is 9.84 Å². The Hall–Kier alpha value is -2.12. The summed E-state index contributed by atoms with van der Waals surface area (Å²) < 4.78 is 32.7. The third-order valence-corrected chi connectivity index (χ3v) is 5.86. The smallest absolute Gasteiger partial charge is 0.235 e. The maximum atomic E-state index is 13.0. The second-order valence-electron chi connectivity index (χ2n) is 5.85. The van der Waals surface area contributed by atoms with Crippen molar-refractivity contribution < 1.29 is 12.8 Å². The fourth-order valence-corrected chi connectivity index (χ4v) is 3.94. The third kappa shape index (κ3) is 3.48. The highest BCUT2D eigenvalue weighted by atomic mass is 79.9. The molecule has 0 spiro atoms. The van der Waals surface area contributed by atoms with Crippen LogP contribution in [0.1, 0.15) is 5.56 Å². The lowest BCUT2D eigenvalue weighted by atomic mass is 10.2. The van der Waals surface area contributed by atoms with Crippen LogP contribution in [0.4, 0.5) is 5.88 Å². The predicted octanol–water partition coefficient (Wildman–Crippen LogP) is 4.31. The van der Waals surface area contributed by atoms with Crippen molar-refractivity contribution >= 4 is 31.7 Å². The fourth-order valence-electron chi connectivity index (χ4n) is 2.30. The number of oxazole rings is 1. The van der Waals surface area contributed by atoms with Gasteiger partial charge in [-0.1, -0.05) is 33.6 Å². The van der Waals surface area contributed by atoms with Crippen molar-refractivity contribution in [2.45, 2.75) is 16.8 Å². The van der Waals surface area contributed by atoms with Gasteiger partial charge in [0.25, 0.3) is 0 Å². The molecule has 5 nitrogen and oxygen atoms in total. The molecule has 0 atom stereocenters. The molecule has 25 heavy (non-hydrogen) atoms. The van der Waals surface area contributed by atoms with Gasteiger partial charge in [-0.2, -0.15) is 4.98 Å². The minimum Gasteiger partial charge on any atom is -0.419 e. The van der Waals surface area contributed by atoms with Crippen LogP contribution in [0.25, 0.3) is 11.5 Å². The Morgan fingerprint density at radius 3 is 2.16 bits per heavy atom. The first kappa shape index (κ1) is 17.7. The van der Waals surface area contributed by atoms with Crippen molar-refractivity contribution in [3.05, 3.63) is 58.6 Å². The first-order chi connectivity index (χ1) is 11.8. The standard InChI is InChI=1S/C18H17BrN2O3S/c1-12-4-10-15(11-5-12)25(22,23)17-18(21(2)3)24-16(20-17)13-6-8-14(19)9-7-13/h4-11H,1-3H3.